The first-order valence-electron chi connectivity index (χ1n) is 12.1. The largest absolute Gasteiger partial charge is 0.465 e. The first kappa shape index (κ1) is 25.6. The Morgan fingerprint density at radius 1 is 1.19 bits per heavy atom. The average Bonchev–Trinajstić information content (AvgIpc) is 3.44. The minimum atomic E-state index is -1.15. The second-order valence-electron chi connectivity index (χ2n) is 10.3. The van der Waals surface area contributed by atoms with E-state index in [1.807, 2.05) is 55.1 Å². The van der Waals surface area contributed by atoms with E-state index in [9.17, 15) is 9.90 Å². The van der Waals surface area contributed by atoms with Gasteiger partial charge in [0.05, 0.1) is 11.6 Å². The quantitative estimate of drug-likeness (QED) is 0.224. The molecule has 0 radical (unpaired) electrons. The van der Waals surface area contributed by atoms with Crippen LogP contribution in [-0.2, 0) is 18.0 Å². The first-order valence-corrected chi connectivity index (χ1v) is 15.8. The maximum atomic E-state index is 12.5. The third kappa shape index (κ3) is 6.00. The van der Waals surface area contributed by atoms with Gasteiger partial charge in [-0.2, -0.15) is 5.10 Å². The normalized spacial score (nSPS) is 12.7. The second-order valence-corrected chi connectivity index (χ2v) is 15.9. The number of hydrogen-bond donors (Lipinski definition) is 1. The number of fused-ring (bicyclic) bond motifs is 1. The molecule has 0 saturated heterocycles. The number of amides is 1. The highest BCUT2D eigenvalue weighted by Crippen LogP contribution is 2.31. The van der Waals surface area contributed by atoms with Gasteiger partial charge in [0.2, 0.25) is 0 Å². The number of aromatic nitrogens is 5. The van der Waals surface area contributed by atoms with Crippen LogP contribution in [0, 0.1) is 6.92 Å². The number of anilines is 1. The Kier molecular flexibility index (Phi) is 7.55. The minimum absolute atomic E-state index is 0.374. The summed E-state index contributed by atoms with van der Waals surface area (Å²) in [5, 5.41) is 15.7. The fourth-order valence-electron chi connectivity index (χ4n) is 4.20. The fraction of sp³-hybridized carbons (Fsp3) is 0.385. The summed E-state index contributed by atoms with van der Waals surface area (Å²) in [4.78, 5) is 22.4. The molecule has 3 aromatic heterocycles. The Bertz CT molecular complexity index is 1330. The lowest BCUT2D eigenvalue weighted by Crippen LogP contribution is -2.33. The van der Waals surface area contributed by atoms with Crippen LogP contribution < -0.4 is 4.90 Å². The smallest absolute Gasteiger partial charge is 0.412 e. The van der Waals surface area contributed by atoms with E-state index in [0.717, 1.165) is 28.1 Å². The van der Waals surface area contributed by atoms with Gasteiger partial charge in [0.25, 0.3) is 0 Å². The van der Waals surface area contributed by atoms with Gasteiger partial charge in [0, 0.05) is 63.3 Å². The van der Waals surface area contributed by atoms with Gasteiger partial charge in [-0.15, -0.1) is 0 Å². The Morgan fingerprint density at radius 3 is 2.64 bits per heavy atom. The van der Waals surface area contributed by atoms with Gasteiger partial charge in [0.1, 0.15) is 12.6 Å². The molecule has 1 atom stereocenters. The molecule has 9 nitrogen and oxygen atoms in total. The molecule has 1 aromatic carbocycles. The highest BCUT2D eigenvalue weighted by molar-refractivity contribution is 6.76. The molecule has 1 unspecified atom stereocenters. The topological polar surface area (TPSA) is 98.3 Å². The van der Waals surface area contributed by atoms with E-state index in [1.165, 1.54) is 4.90 Å². The van der Waals surface area contributed by atoms with E-state index in [1.54, 1.807) is 23.3 Å². The molecule has 0 bridgehead atoms. The van der Waals surface area contributed by atoms with Crippen LogP contribution in [0.25, 0.3) is 10.9 Å². The molecule has 0 fully saturated rings. The molecule has 0 aliphatic rings. The number of carboxylic acid groups (broad SMARTS) is 1. The molecular weight excluding hydrogens is 472 g/mol. The summed E-state index contributed by atoms with van der Waals surface area (Å²) in [6, 6.07) is 8.21. The van der Waals surface area contributed by atoms with Crippen molar-refractivity contribution in [2.45, 2.75) is 58.9 Å². The third-order valence-electron chi connectivity index (χ3n) is 6.15. The number of rotatable bonds is 10. The predicted octanol–water partition coefficient (Wildman–Crippen LogP) is 5.54. The van der Waals surface area contributed by atoms with Crippen molar-refractivity contribution < 1.29 is 14.6 Å². The summed E-state index contributed by atoms with van der Waals surface area (Å²) < 4.78 is 9.59. The summed E-state index contributed by atoms with van der Waals surface area (Å²) in [7, 11) is -1.15. The minimum Gasteiger partial charge on any atom is -0.465 e. The van der Waals surface area contributed by atoms with Crippen LogP contribution in [0.1, 0.15) is 29.9 Å². The zero-order chi connectivity index (χ0) is 25.9. The fourth-order valence-corrected chi connectivity index (χ4v) is 4.96. The van der Waals surface area contributed by atoms with Gasteiger partial charge >= 0.3 is 6.09 Å². The van der Waals surface area contributed by atoms with Crippen molar-refractivity contribution in [3.63, 3.8) is 0 Å². The number of hydrogen-bond acceptors (Lipinski definition) is 5. The van der Waals surface area contributed by atoms with Gasteiger partial charge in [-0.1, -0.05) is 19.6 Å². The molecular formula is C26H34N6O3Si. The molecule has 1 N–H and O–H groups in total. The molecule has 0 saturated carbocycles. The van der Waals surface area contributed by atoms with Crippen molar-refractivity contribution in [1.29, 1.82) is 0 Å². The predicted molar refractivity (Wildman–Crippen MR) is 143 cm³/mol. The molecule has 36 heavy (non-hydrogen) atoms. The second kappa shape index (κ2) is 10.6. The summed E-state index contributed by atoms with van der Waals surface area (Å²) in [6.07, 6.45) is 7.93. The number of imidazole rings is 1. The molecule has 0 aliphatic heterocycles. The number of pyridine rings is 1. The molecule has 3 heterocycles. The van der Waals surface area contributed by atoms with Crippen molar-refractivity contribution in [3.8, 4) is 0 Å². The summed E-state index contributed by atoms with van der Waals surface area (Å²) in [5.41, 5.74) is 3.39. The van der Waals surface area contributed by atoms with Crippen molar-refractivity contribution >= 4 is 30.8 Å². The zero-order valence-electron chi connectivity index (χ0n) is 21.5. The Morgan fingerprint density at radius 2 is 1.94 bits per heavy atom. The molecule has 190 valence electrons. The van der Waals surface area contributed by atoms with Crippen molar-refractivity contribution in [3.05, 3.63) is 72.2 Å². The molecule has 10 heteroatoms. The Balaban J connectivity index is 1.57. The number of nitrogens with zero attached hydrogens (tertiary/aromatic N) is 6. The average molecular weight is 507 g/mol. The highest BCUT2D eigenvalue weighted by atomic mass is 28.3. The standard InChI is InChI=1S/C26H34N6O3Si/c1-19-14-23(15-22-17-31(29-24(19)22)18-35-12-13-36(3,4)5)32(26(33)34)20(2)25-28-10-11-30(25)16-21-6-8-27-9-7-21/h6-11,14-15,17,20H,12-13,16,18H2,1-5H3,(H,33,34). The van der Waals surface area contributed by atoms with Gasteiger partial charge in [-0.3, -0.25) is 9.88 Å². The van der Waals surface area contributed by atoms with Gasteiger partial charge in [-0.25, -0.2) is 14.5 Å². The van der Waals surface area contributed by atoms with Crippen LogP contribution in [0.15, 0.2) is 55.2 Å². The number of benzene rings is 1. The van der Waals surface area contributed by atoms with E-state index in [-0.39, 0.29) is 0 Å². The van der Waals surface area contributed by atoms with Crippen LogP contribution in [0.2, 0.25) is 25.7 Å². The highest BCUT2D eigenvalue weighted by Gasteiger charge is 2.27. The molecule has 4 aromatic rings. The van der Waals surface area contributed by atoms with E-state index in [0.29, 0.717) is 31.4 Å². The monoisotopic (exact) mass is 506 g/mol. The van der Waals surface area contributed by atoms with Crippen LogP contribution >= 0.6 is 0 Å². The van der Waals surface area contributed by atoms with Gasteiger partial charge in [-0.05, 0) is 55.3 Å². The first-order chi connectivity index (χ1) is 17.1. The van der Waals surface area contributed by atoms with E-state index >= 15 is 0 Å². The summed E-state index contributed by atoms with van der Waals surface area (Å²) in [5.74, 6) is 0.665. The maximum Gasteiger partial charge on any atom is 0.412 e. The van der Waals surface area contributed by atoms with Gasteiger partial charge < -0.3 is 14.4 Å². The van der Waals surface area contributed by atoms with Crippen molar-refractivity contribution in [2.24, 2.45) is 0 Å². The van der Waals surface area contributed by atoms with Crippen LogP contribution in [0.5, 0.6) is 0 Å². The van der Waals surface area contributed by atoms with Crippen molar-refractivity contribution in [1.82, 2.24) is 24.3 Å². The third-order valence-corrected chi connectivity index (χ3v) is 7.85. The molecule has 4 rings (SSSR count). The van der Waals surface area contributed by atoms with Gasteiger partial charge in [0.15, 0.2) is 0 Å². The molecule has 0 spiro atoms. The van der Waals surface area contributed by atoms with Crippen LogP contribution in [0.3, 0.4) is 0 Å². The summed E-state index contributed by atoms with van der Waals surface area (Å²) in [6.45, 7) is 12.4. The number of ether oxygens (including phenoxy) is 1. The van der Waals surface area contributed by atoms with Crippen LogP contribution in [-0.4, -0.2) is 50.2 Å². The zero-order valence-corrected chi connectivity index (χ0v) is 22.5. The van der Waals surface area contributed by atoms with E-state index < -0.39 is 20.2 Å². The van der Waals surface area contributed by atoms with Crippen LogP contribution in [0.4, 0.5) is 10.5 Å². The lowest BCUT2D eigenvalue weighted by atomic mass is 10.1. The lowest BCUT2D eigenvalue weighted by molar-refractivity contribution is 0.0791. The maximum absolute atomic E-state index is 12.5. The summed E-state index contributed by atoms with van der Waals surface area (Å²) >= 11 is 0. The SMILES string of the molecule is Cc1cc(N(C(=O)O)C(C)c2nccn2Cc2ccncc2)cc2cn(COCC[Si](C)(C)C)nc12. The lowest BCUT2D eigenvalue weighted by Gasteiger charge is -2.27. The Hall–Kier alpha value is -3.50. The Labute approximate surface area is 212 Å². The number of aryl methyl sites for hydroxylation is 1. The van der Waals surface area contributed by atoms with Crippen molar-refractivity contribution in [2.75, 3.05) is 11.5 Å². The molecule has 0 aliphatic carbocycles. The van der Waals surface area contributed by atoms with E-state index in [2.05, 4.69) is 34.7 Å². The number of carbonyl (C=O) groups is 1. The van der Waals surface area contributed by atoms with E-state index in [4.69, 9.17) is 4.74 Å². The molecule has 1 amide bonds.